The van der Waals surface area contributed by atoms with Gasteiger partial charge in [-0.1, -0.05) is 63.8 Å². The van der Waals surface area contributed by atoms with Crippen LogP contribution in [0.2, 0.25) is 0 Å². The van der Waals surface area contributed by atoms with E-state index in [2.05, 4.69) is 40.0 Å². The lowest BCUT2D eigenvalue weighted by Gasteiger charge is -2.48. The molecule has 11 nitrogen and oxygen atoms in total. The Morgan fingerprint density at radius 3 is 2.39 bits per heavy atom. The van der Waals surface area contributed by atoms with E-state index in [1.54, 1.807) is 42.4 Å². The molecule has 4 saturated heterocycles. The number of nitrogens with zero attached hydrogens (tertiary/aromatic N) is 1. The van der Waals surface area contributed by atoms with Gasteiger partial charge >= 0.3 is 6.09 Å². The highest BCUT2D eigenvalue weighted by molar-refractivity contribution is 7.91. The molecule has 0 spiro atoms. The molecule has 4 aliphatic heterocycles. The van der Waals surface area contributed by atoms with Crippen molar-refractivity contribution < 1.29 is 46.4 Å². The monoisotopic (exact) mass is 815 g/mol. The average molecular weight is 816 g/mol. The van der Waals surface area contributed by atoms with Crippen molar-refractivity contribution in [3.8, 4) is 0 Å². The number of methoxy groups -OCH3 is 1. The molecule has 0 aromatic heterocycles. The van der Waals surface area contributed by atoms with Gasteiger partial charge < -0.3 is 33.2 Å². The summed E-state index contributed by atoms with van der Waals surface area (Å²) in [5.74, 6) is -0.268. The van der Waals surface area contributed by atoms with E-state index < -0.39 is 51.5 Å². The normalized spacial score (nSPS) is 32.9. The minimum absolute atomic E-state index is 0.00574. The second-order valence-electron chi connectivity index (χ2n) is 18.5. The van der Waals surface area contributed by atoms with Crippen LogP contribution in [0.25, 0.3) is 0 Å². The maximum atomic E-state index is 14.0. The van der Waals surface area contributed by atoms with Crippen LogP contribution in [-0.4, -0.2) is 112 Å². The summed E-state index contributed by atoms with van der Waals surface area (Å²) in [7, 11) is -2.08. The van der Waals surface area contributed by atoms with Gasteiger partial charge in [0, 0.05) is 32.3 Å². The molecule has 57 heavy (non-hydrogen) atoms. The molecule has 1 aromatic rings. The highest BCUT2D eigenvalue weighted by Gasteiger charge is 2.53. The van der Waals surface area contributed by atoms with Crippen LogP contribution in [0, 0.1) is 17.3 Å². The highest BCUT2D eigenvalue weighted by atomic mass is 32.2. The van der Waals surface area contributed by atoms with Gasteiger partial charge in [-0.2, -0.15) is 0 Å². The second-order valence-corrected chi connectivity index (χ2v) is 20.5. The topological polar surface area (TPSA) is 119 Å². The summed E-state index contributed by atoms with van der Waals surface area (Å²) in [5, 5.41) is 0. The van der Waals surface area contributed by atoms with E-state index in [0.717, 1.165) is 31.3 Å². The average Bonchev–Trinajstić information content (AvgIpc) is 3.75. The van der Waals surface area contributed by atoms with Gasteiger partial charge in [0.2, 0.25) is 0 Å². The van der Waals surface area contributed by atoms with Gasteiger partial charge in [0.15, 0.2) is 9.84 Å². The molecule has 4 fully saturated rings. The predicted octanol–water partition coefficient (Wildman–Crippen LogP) is 8.08. The zero-order chi connectivity index (χ0) is 41.8. The zero-order valence-corrected chi connectivity index (χ0v) is 36.6. The van der Waals surface area contributed by atoms with Crippen molar-refractivity contribution in [2.24, 2.45) is 17.3 Å². The third kappa shape index (κ3) is 11.6. The quantitative estimate of drug-likeness (QED) is 0.120. The first-order valence-corrected chi connectivity index (χ1v) is 22.4. The predicted molar refractivity (Wildman–Crippen MR) is 221 cm³/mol. The Bertz CT molecular complexity index is 1650. The number of hydrogen-bond acceptors (Lipinski definition) is 10. The van der Waals surface area contributed by atoms with Crippen molar-refractivity contribution in [3.63, 3.8) is 0 Å². The van der Waals surface area contributed by atoms with Gasteiger partial charge in [0.25, 0.3) is 0 Å². The first kappa shape index (κ1) is 45.5. The number of carbonyl (C=O) groups excluding carboxylic acids is 1. The number of carbonyl (C=O) groups is 1. The molecular weight excluding hydrogens is 747 g/mol. The van der Waals surface area contributed by atoms with E-state index in [4.69, 9.17) is 33.2 Å². The molecule has 5 rings (SSSR count). The maximum Gasteiger partial charge on any atom is 0.412 e. The molecule has 0 N–H and O–H groups in total. The van der Waals surface area contributed by atoms with Crippen LogP contribution in [0.4, 0.5) is 4.79 Å². The Balaban J connectivity index is 1.31. The standard InChI is InChI=1S/C45H69NO10S/c1-12-22-51-23-16-17-32-24-30(2)37(52-32)21-20-33-25-31(3)44(7,8)40(53-33)27-38-36(29-57(48,49)35-18-14-13-15-19-35)41(50-11)39(54-38)26-34-28-46(45(9,10)55-34)42(47)56-43(4,5)6/h12-19,31-34,36-41H,1-2,20-29H2,3-11H3/b17-16+/t31?,32?,33?,34?,36?,37?,38-,39?,40?,41+/m0/s1. The van der Waals surface area contributed by atoms with Crippen molar-refractivity contribution in [1.82, 2.24) is 4.90 Å². The Hall–Kier alpha value is -2.58. The first-order valence-electron chi connectivity index (χ1n) is 20.7. The Labute approximate surface area is 342 Å². The van der Waals surface area contributed by atoms with Crippen molar-refractivity contribution in [2.45, 2.75) is 159 Å². The number of benzene rings is 1. The summed E-state index contributed by atoms with van der Waals surface area (Å²) < 4.78 is 72.0. The van der Waals surface area contributed by atoms with E-state index in [-0.39, 0.29) is 46.6 Å². The van der Waals surface area contributed by atoms with E-state index in [1.807, 2.05) is 46.8 Å². The van der Waals surface area contributed by atoms with Crippen LogP contribution < -0.4 is 0 Å². The molecule has 10 atom stereocenters. The third-order valence-corrected chi connectivity index (χ3v) is 14.1. The number of sulfone groups is 1. The van der Waals surface area contributed by atoms with Crippen molar-refractivity contribution in [1.29, 1.82) is 0 Å². The molecule has 0 saturated carbocycles. The number of hydrogen-bond donors (Lipinski definition) is 0. The third-order valence-electron chi connectivity index (χ3n) is 12.3. The number of amides is 1. The van der Waals surface area contributed by atoms with Crippen LogP contribution in [0.1, 0.15) is 93.9 Å². The summed E-state index contributed by atoms with van der Waals surface area (Å²) in [6, 6.07) is 8.57. The summed E-state index contributed by atoms with van der Waals surface area (Å²) in [6.45, 7) is 25.3. The zero-order valence-electron chi connectivity index (χ0n) is 35.8. The fourth-order valence-electron chi connectivity index (χ4n) is 8.87. The fraction of sp³-hybridized carbons (Fsp3) is 0.711. The second kappa shape index (κ2) is 18.8. The lowest BCUT2D eigenvalue weighted by Crippen LogP contribution is -2.48. The van der Waals surface area contributed by atoms with Gasteiger partial charge in [-0.25, -0.2) is 13.2 Å². The Morgan fingerprint density at radius 2 is 1.72 bits per heavy atom. The number of ether oxygens (including phenoxy) is 7. The summed E-state index contributed by atoms with van der Waals surface area (Å²) in [5.41, 5.74) is -0.660. The van der Waals surface area contributed by atoms with Crippen molar-refractivity contribution in [2.75, 3.05) is 32.6 Å². The van der Waals surface area contributed by atoms with Crippen molar-refractivity contribution in [3.05, 3.63) is 67.3 Å². The minimum Gasteiger partial charge on any atom is -0.444 e. The largest absolute Gasteiger partial charge is 0.444 e. The highest BCUT2D eigenvalue weighted by Crippen LogP contribution is 2.47. The first-order chi connectivity index (χ1) is 26.7. The van der Waals surface area contributed by atoms with Crippen LogP contribution in [-0.2, 0) is 43.0 Å². The van der Waals surface area contributed by atoms with E-state index in [1.165, 1.54) is 0 Å². The van der Waals surface area contributed by atoms with E-state index in [9.17, 15) is 13.2 Å². The molecule has 0 bridgehead atoms. The molecule has 12 heteroatoms. The molecule has 1 amide bonds. The molecule has 4 aliphatic rings. The van der Waals surface area contributed by atoms with Gasteiger partial charge in [-0.05, 0) is 82.9 Å². The molecule has 0 radical (unpaired) electrons. The molecule has 0 aliphatic carbocycles. The molecule has 1 aromatic carbocycles. The van der Waals surface area contributed by atoms with Crippen molar-refractivity contribution >= 4 is 15.9 Å². The molecule has 8 unspecified atom stereocenters. The lowest BCUT2D eigenvalue weighted by molar-refractivity contribution is -0.164. The summed E-state index contributed by atoms with van der Waals surface area (Å²) >= 11 is 0. The smallest absolute Gasteiger partial charge is 0.412 e. The van der Waals surface area contributed by atoms with Gasteiger partial charge in [0.05, 0.1) is 79.2 Å². The van der Waals surface area contributed by atoms with Gasteiger partial charge in [-0.3, -0.25) is 4.90 Å². The molecular formula is C45H69NO10S. The SMILES string of the molecule is C=CCOC/C=C/C1CC(=C)C(CCC2CC(C)C(C)(C)C(C[C@@H]3OC(CC4CN(C(=O)OC(C)(C)C)C(C)(C)O4)[C@H](OC)C3CS(=O)(=O)c3ccccc3)O2)O1. The van der Waals surface area contributed by atoms with Crippen LogP contribution in [0.3, 0.4) is 0 Å². The van der Waals surface area contributed by atoms with E-state index >= 15 is 0 Å². The Morgan fingerprint density at radius 1 is 1.00 bits per heavy atom. The minimum atomic E-state index is -3.69. The molecule has 4 heterocycles. The van der Waals surface area contributed by atoms with Crippen LogP contribution >= 0.6 is 0 Å². The molecule has 320 valence electrons. The van der Waals surface area contributed by atoms with Gasteiger partial charge in [0.1, 0.15) is 11.3 Å². The van der Waals surface area contributed by atoms with Crippen LogP contribution in [0.5, 0.6) is 0 Å². The number of rotatable bonds is 16. The lowest BCUT2D eigenvalue weighted by atomic mass is 9.68. The van der Waals surface area contributed by atoms with Gasteiger partial charge in [-0.15, -0.1) is 6.58 Å². The summed E-state index contributed by atoms with van der Waals surface area (Å²) in [4.78, 5) is 15.1. The maximum absolute atomic E-state index is 14.0. The summed E-state index contributed by atoms with van der Waals surface area (Å²) in [6.07, 6.45) is 7.50. The van der Waals surface area contributed by atoms with E-state index in [0.29, 0.717) is 38.5 Å². The van der Waals surface area contributed by atoms with Crippen LogP contribution in [0.15, 0.2) is 72.2 Å². The fourth-order valence-corrected chi connectivity index (χ4v) is 10.5. The Kier molecular flexibility index (Phi) is 15.0.